The Morgan fingerprint density at radius 2 is 1.08 bits per heavy atom. The molecule has 9 aromatic carbocycles. The number of imidazole rings is 1. The maximum atomic E-state index is 6.91. The maximum Gasteiger partial charge on any atom is 0.268 e. The molecule has 5 heterocycles. The second-order valence-electron chi connectivity index (χ2n) is 20.1. The van der Waals surface area contributed by atoms with Gasteiger partial charge in [0.05, 0.1) is 33.3 Å². The van der Waals surface area contributed by atoms with Gasteiger partial charge in [0.15, 0.2) is 0 Å². The van der Waals surface area contributed by atoms with E-state index in [1.54, 1.807) is 0 Å². The van der Waals surface area contributed by atoms with Crippen LogP contribution in [0.5, 0.6) is 11.5 Å². The third-order valence-electron chi connectivity index (χ3n) is 14.8. The van der Waals surface area contributed by atoms with E-state index in [4.69, 9.17) is 9.72 Å². The van der Waals surface area contributed by atoms with Gasteiger partial charge < -0.3 is 23.0 Å². The molecular weight excluding hydrogens is 1090 g/mol. The van der Waals surface area contributed by atoms with Gasteiger partial charge in [-0.1, -0.05) is 166 Å². The number of rotatable bonds is 7. The minimum absolute atomic E-state index is 0. The van der Waals surface area contributed by atoms with Gasteiger partial charge in [-0.3, -0.25) is 4.57 Å². The SMILES string of the molecule is Cn1c2ccccc2c2c3c4ccc(Oc5[c-]c(-[n+]6[c-]n(-c7c(-c8ccccc8)cccc7-c7ccccc7)c7ccccc76)ccc5)[c-]c4n(-c4cc(C(C)(C)C)ccn4)c3c3c4ccccc4n(C)c3c21.[Pt]. The minimum atomic E-state index is -0.107. The Bertz CT molecular complexity index is 4480. The first-order chi connectivity index (χ1) is 35.7. The molecule has 0 bridgehead atoms. The topological polar surface area (TPSA) is 45.7 Å². The summed E-state index contributed by atoms with van der Waals surface area (Å²) in [4.78, 5) is 5.17. The van der Waals surface area contributed by atoms with Crippen LogP contribution in [0.2, 0.25) is 0 Å². The van der Waals surface area contributed by atoms with E-state index in [1.807, 2.05) is 24.4 Å². The molecule has 7 nitrogen and oxygen atoms in total. The molecule has 0 radical (unpaired) electrons. The summed E-state index contributed by atoms with van der Waals surface area (Å²) in [7, 11) is 4.39. The molecule has 0 aliphatic rings. The molecule has 8 heteroatoms. The number of hydrogen-bond acceptors (Lipinski definition) is 2. The van der Waals surface area contributed by atoms with Gasteiger partial charge in [-0.15, -0.1) is 29.7 Å². The molecule has 5 aromatic heterocycles. The summed E-state index contributed by atoms with van der Waals surface area (Å²) in [5.74, 6) is 1.96. The number of fused-ring (bicyclic) bond motifs is 13. The third-order valence-corrected chi connectivity index (χ3v) is 14.8. The summed E-state index contributed by atoms with van der Waals surface area (Å²) in [6, 6.07) is 75.9. The van der Waals surface area contributed by atoms with Crippen molar-refractivity contribution in [3.63, 3.8) is 0 Å². The fourth-order valence-electron chi connectivity index (χ4n) is 11.4. The monoisotopic (exact) mass is 1140 g/mol. The number of nitrogens with zero attached hydrogens (tertiary/aromatic N) is 6. The van der Waals surface area contributed by atoms with Crippen molar-refractivity contribution in [1.82, 2.24) is 23.3 Å². The van der Waals surface area contributed by atoms with E-state index in [9.17, 15) is 0 Å². The molecule has 360 valence electrons. The summed E-state index contributed by atoms with van der Waals surface area (Å²) in [6.07, 6.45) is 5.74. The molecular formula is C66H48N6OPt-2. The van der Waals surface area contributed by atoms with Crippen LogP contribution in [0.3, 0.4) is 0 Å². The van der Waals surface area contributed by atoms with Crippen molar-refractivity contribution in [3.05, 3.63) is 224 Å². The summed E-state index contributed by atoms with van der Waals surface area (Å²) in [5.41, 5.74) is 16.1. The molecule has 0 N–H and O–H groups in total. The van der Waals surface area contributed by atoms with Gasteiger partial charge in [0.25, 0.3) is 6.33 Å². The molecule has 0 fully saturated rings. The van der Waals surface area contributed by atoms with E-state index in [-0.39, 0.29) is 26.5 Å². The fraction of sp³-hybridized carbons (Fsp3) is 0.0909. The zero-order valence-corrected chi connectivity index (χ0v) is 43.7. The second-order valence-corrected chi connectivity index (χ2v) is 20.1. The molecule has 0 atom stereocenters. The molecule has 0 amide bonds. The molecule has 14 rings (SSSR count). The second kappa shape index (κ2) is 17.3. The van der Waals surface area contributed by atoms with Gasteiger partial charge >= 0.3 is 0 Å². The largest absolute Gasteiger partial charge is 0.510 e. The normalized spacial score (nSPS) is 12.0. The summed E-state index contributed by atoms with van der Waals surface area (Å²) >= 11 is 0. The van der Waals surface area contributed by atoms with Gasteiger partial charge in [0.2, 0.25) is 0 Å². The van der Waals surface area contributed by atoms with Crippen molar-refractivity contribution in [2.75, 3.05) is 0 Å². The first-order valence-electron chi connectivity index (χ1n) is 24.8. The third kappa shape index (κ3) is 6.90. The predicted molar refractivity (Wildman–Crippen MR) is 298 cm³/mol. The Labute approximate surface area is 443 Å². The quantitative estimate of drug-likeness (QED) is 0.118. The average molecular weight is 1140 g/mol. The van der Waals surface area contributed by atoms with Gasteiger partial charge in [-0.05, 0) is 68.6 Å². The van der Waals surface area contributed by atoms with E-state index < -0.39 is 0 Å². The number of aromatic nitrogens is 6. The number of para-hydroxylation sites is 5. The van der Waals surface area contributed by atoms with Crippen LogP contribution in [0.4, 0.5) is 0 Å². The standard InChI is InChI=1S/C66H48N6O.Pt/c1-66(2,3)44-36-37-67-58(38-44)72-57-40-47(34-35-52(57)59-60-50-26-12-14-30-53(50)68(4)64(60)65-61(63(59)72)51-27-13-15-31-54(51)69(65)5)73-46-25-18-24-45(39-46)70-41-71(56-33-17-16-32-55(56)70)62-48(42-20-8-6-9-21-42)28-19-29-49(62)43-22-10-7-11-23-43;/h6-38H,1-5H3;/q-2;. The van der Waals surface area contributed by atoms with Crippen molar-refractivity contribution in [3.8, 4) is 50.9 Å². The van der Waals surface area contributed by atoms with Crippen LogP contribution in [0.1, 0.15) is 26.3 Å². The van der Waals surface area contributed by atoms with Crippen molar-refractivity contribution < 1.29 is 30.4 Å². The molecule has 0 aliphatic heterocycles. The molecule has 0 unspecified atom stereocenters. The maximum absolute atomic E-state index is 6.91. The number of aryl methyl sites for hydroxylation is 2. The summed E-state index contributed by atoms with van der Waals surface area (Å²) < 4.78 is 18.3. The van der Waals surface area contributed by atoms with Crippen LogP contribution in [0.25, 0.3) is 116 Å². The van der Waals surface area contributed by atoms with Crippen LogP contribution in [-0.2, 0) is 40.6 Å². The van der Waals surface area contributed by atoms with Gasteiger partial charge in [-0.25, -0.2) is 4.98 Å². The van der Waals surface area contributed by atoms with Gasteiger partial charge in [0, 0.05) is 85.4 Å². The van der Waals surface area contributed by atoms with E-state index in [0.29, 0.717) is 11.5 Å². The summed E-state index contributed by atoms with van der Waals surface area (Å²) in [5, 5.41) is 7.01. The first-order valence-corrected chi connectivity index (χ1v) is 24.8. The Balaban J connectivity index is 0.00000528. The van der Waals surface area contributed by atoms with Crippen molar-refractivity contribution in [1.29, 1.82) is 0 Å². The Hall–Kier alpha value is -8.51. The van der Waals surface area contributed by atoms with E-state index in [1.165, 1.54) is 49.2 Å². The number of pyridine rings is 1. The molecule has 74 heavy (non-hydrogen) atoms. The molecule has 0 spiro atoms. The van der Waals surface area contributed by atoms with Crippen LogP contribution < -0.4 is 9.30 Å². The van der Waals surface area contributed by atoms with Crippen molar-refractivity contribution in [2.24, 2.45) is 14.1 Å². The van der Waals surface area contributed by atoms with Crippen LogP contribution in [0, 0.1) is 18.5 Å². The average Bonchev–Trinajstić information content (AvgIpc) is 4.15. The van der Waals surface area contributed by atoms with Gasteiger partial charge in [0.1, 0.15) is 5.82 Å². The van der Waals surface area contributed by atoms with Gasteiger partial charge in [-0.2, -0.15) is 18.2 Å². The molecule has 0 saturated heterocycles. The fourth-order valence-corrected chi connectivity index (χ4v) is 11.4. The van der Waals surface area contributed by atoms with Crippen LogP contribution in [-0.4, -0.2) is 23.3 Å². The Kier molecular flexibility index (Phi) is 10.6. The Morgan fingerprint density at radius 1 is 0.514 bits per heavy atom. The van der Waals surface area contributed by atoms with Crippen molar-refractivity contribution in [2.45, 2.75) is 26.2 Å². The minimum Gasteiger partial charge on any atom is -0.510 e. The molecule has 0 saturated carbocycles. The predicted octanol–water partition coefficient (Wildman–Crippen LogP) is 15.5. The number of hydrogen-bond donors (Lipinski definition) is 0. The Morgan fingerprint density at radius 3 is 1.76 bits per heavy atom. The van der Waals surface area contributed by atoms with Crippen LogP contribution >= 0.6 is 0 Å². The van der Waals surface area contributed by atoms with E-state index in [0.717, 1.165) is 72.3 Å². The van der Waals surface area contributed by atoms with Crippen molar-refractivity contribution >= 4 is 76.5 Å². The number of benzene rings is 9. The molecule has 0 aliphatic carbocycles. The smallest absolute Gasteiger partial charge is 0.268 e. The van der Waals surface area contributed by atoms with E-state index in [2.05, 4.69) is 252 Å². The summed E-state index contributed by atoms with van der Waals surface area (Å²) in [6.45, 7) is 6.76. The first kappa shape index (κ1) is 45.4. The molecule has 14 aromatic rings. The zero-order valence-electron chi connectivity index (χ0n) is 41.5. The zero-order chi connectivity index (χ0) is 49.1. The number of ether oxygens (including phenoxy) is 1. The van der Waals surface area contributed by atoms with E-state index >= 15 is 0 Å². The van der Waals surface area contributed by atoms with Crippen LogP contribution in [0.15, 0.2) is 200 Å².